The first-order valence-corrected chi connectivity index (χ1v) is 14.8. The summed E-state index contributed by atoms with van der Waals surface area (Å²) >= 11 is 0. The molecule has 8 nitrogen and oxygen atoms in total. The number of aliphatic carboxylic acids is 1. The third-order valence-corrected chi connectivity index (χ3v) is 7.86. The van der Waals surface area contributed by atoms with Crippen LogP contribution in [0.3, 0.4) is 0 Å². The minimum atomic E-state index is -4.87. The van der Waals surface area contributed by atoms with Gasteiger partial charge in [-0.05, 0) is 85.9 Å². The van der Waals surface area contributed by atoms with Gasteiger partial charge < -0.3 is 24.8 Å². The Morgan fingerprint density at radius 3 is 2.44 bits per heavy atom. The molecule has 0 aromatic heterocycles. The second-order valence-electron chi connectivity index (χ2n) is 11.1. The van der Waals surface area contributed by atoms with E-state index in [0.29, 0.717) is 21.6 Å². The van der Waals surface area contributed by atoms with Gasteiger partial charge in [0.25, 0.3) is 0 Å². The fourth-order valence-electron chi connectivity index (χ4n) is 5.67. The maximum absolute atomic E-state index is 15.8. The average Bonchev–Trinajstić information content (AvgIpc) is 3.01. The molecule has 1 unspecified atom stereocenters. The van der Waals surface area contributed by atoms with Crippen LogP contribution >= 0.6 is 0 Å². The lowest BCUT2D eigenvalue weighted by Gasteiger charge is -2.29. The zero-order chi connectivity index (χ0) is 35.3. The van der Waals surface area contributed by atoms with Crippen LogP contribution in [0.5, 0.6) is 11.5 Å². The molecule has 0 radical (unpaired) electrons. The number of benzene rings is 3. The summed E-state index contributed by atoms with van der Waals surface area (Å²) in [6.45, 7) is 4.17. The number of fused-ring (bicyclic) bond motifs is 6. The highest BCUT2D eigenvalue weighted by atomic mass is 19.4. The molecule has 0 saturated heterocycles. The number of carbonyl (C=O) groups is 3. The summed E-state index contributed by atoms with van der Waals surface area (Å²) in [6.07, 6.45) is -4.46. The third-order valence-electron chi connectivity index (χ3n) is 7.86. The Labute approximate surface area is 273 Å². The topological polar surface area (TPSA) is 105 Å². The van der Waals surface area contributed by atoms with Gasteiger partial charge in [-0.1, -0.05) is 18.2 Å². The van der Waals surface area contributed by atoms with Crippen molar-refractivity contribution in [3.8, 4) is 22.6 Å². The Morgan fingerprint density at radius 2 is 1.81 bits per heavy atom. The number of carboxylic acid groups (broad SMARTS) is 1. The molecule has 254 valence electrons. The quantitative estimate of drug-likeness (QED) is 0.138. The molecule has 4 bridgehead atoms. The van der Waals surface area contributed by atoms with Crippen LogP contribution in [0.25, 0.3) is 11.1 Å². The highest BCUT2D eigenvalue weighted by Crippen LogP contribution is 2.41. The van der Waals surface area contributed by atoms with Crippen molar-refractivity contribution >= 4 is 18.3 Å². The zero-order valence-corrected chi connectivity index (χ0v) is 26.5. The molecule has 1 aliphatic rings. The number of hydrogen-bond donors (Lipinski definition) is 2. The summed E-state index contributed by atoms with van der Waals surface area (Å²) in [5.41, 5.74) is -0.528. The zero-order valence-electron chi connectivity index (χ0n) is 26.5. The van der Waals surface area contributed by atoms with E-state index >= 15 is 8.78 Å². The van der Waals surface area contributed by atoms with Crippen molar-refractivity contribution < 1.29 is 50.9 Å². The molecule has 0 spiro atoms. The van der Waals surface area contributed by atoms with Gasteiger partial charge in [0, 0.05) is 30.0 Å². The van der Waals surface area contributed by atoms with E-state index in [1.54, 1.807) is 25.1 Å². The van der Waals surface area contributed by atoms with Gasteiger partial charge in [-0.15, -0.1) is 0 Å². The van der Waals surface area contributed by atoms with Gasteiger partial charge in [0.1, 0.15) is 29.2 Å². The number of carboxylic acids is 1. The largest absolute Gasteiger partial charge is 0.481 e. The van der Waals surface area contributed by atoms with Crippen molar-refractivity contribution in [1.82, 2.24) is 10.2 Å². The number of ether oxygens (including phenoxy) is 2. The molecule has 1 heterocycles. The van der Waals surface area contributed by atoms with Gasteiger partial charge in [-0.2, -0.15) is 13.2 Å². The number of nitrogens with one attached hydrogen (secondary N) is 1. The normalized spacial score (nSPS) is 16.8. The summed E-state index contributed by atoms with van der Waals surface area (Å²) < 4.78 is 84.7. The Bertz CT molecular complexity index is 1790. The van der Waals surface area contributed by atoms with Crippen molar-refractivity contribution in [3.63, 3.8) is 0 Å². The maximum atomic E-state index is 15.8. The second kappa shape index (κ2) is 14.8. The molecule has 48 heavy (non-hydrogen) atoms. The smallest absolute Gasteiger partial charge is 0.416 e. The molecule has 0 aliphatic carbocycles. The fourth-order valence-corrected chi connectivity index (χ4v) is 5.67. The molecule has 1 aliphatic heterocycles. The number of amides is 2. The Balaban J connectivity index is 2.04. The number of rotatable bonds is 9. The predicted molar refractivity (Wildman–Crippen MR) is 166 cm³/mol. The van der Waals surface area contributed by atoms with Crippen LogP contribution in [0.1, 0.15) is 54.1 Å². The van der Waals surface area contributed by atoms with Crippen molar-refractivity contribution in [2.45, 2.75) is 51.9 Å². The van der Waals surface area contributed by atoms with Crippen LogP contribution in [0.15, 0.2) is 72.0 Å². The number of hydrogen-bond acceptors (Lipinski definition) is 5. The van der Waals surface area contributed by atoms with E-state index in [1.165, 1.54) is 32.2 Å². The SMILES string of the molecule is C/C=C(\C(=C/N(C=O)C1C(=O)N[C@@H](CC(=O)O)c2cc(cc(C)c2F)-c2c(C)cccc2Oc2ccc(F)c1c2)CCOC)C(F)(F)F. The molecule has 2 N–H and O–H groups in total. The van der Waals surface area contributed by atoms with E-state index in [2.05, 4.69) is 5.32 Å². The number of halogens is 5. The van der Waals surface area contributed by atoms with Crippen LogP contribution in [0.4, 0.5) is 22.0 Å². The maximum Gasteiger partial charge on any atom is 0.416 e. The lowest BCUT2D eigenvalue weighted by Crippen LogP contribution is -2.41. The third kappa shape index (κ3) is 7.73. The van der Waals surface area contributed by atoms with Crippen LogP contribution in [0.2, 0.25) is 0 Å². The lowest BCUT2D eigenvalue weighted by atomic mass is 9.92. The molecule has 4 rings (SSSR count). The first kappa shape index (κ1) is 35.8. The summed E-state index contributed by atoms with van der Waals surface area (Å²) in [5.74, 6) is -4.21. The summed E-state index contributed by atoms with van der Waals surface area (Å²) in [7, 11) is 1.26. The fraction of sp³-hybridized carbons (Fsp3) is 0.286. The van der Waals surface area contributed by atoms with E-state index in [1.807, 2.05) is 0 Å². The molecular formula is C35H33F5N2O6. The lowest BCUT2D eigenvalue weighted by molar-refractivity contribution is -0.138. The first-order valence-electron chi connectivity index (χ1n) is 14.8. The molecule has 0 saturated carbocycles. The van der Waals surface area contributed by atoms with Gasteiger partial charge in [0.2, 0.25) is 12.3 Å². The minimum Gasteiger partial charge on any atom is -0.481 e. The predicted octanol–water partition coefficient (Wildman–Crippen LogP) is 7.62. The number of allylic oxidation sites excluding steroid dienone is 2. The van der Waals surface area contributed by atoms with E-state index in [-0.39, 0.29) is 42.1 Å². The summed E-state index contributed by atoms with van der Waals surface area (Å²) in [5, 5.41) is 12.2. The molecule has 13 heteroatoms. The van der Waals surface area contributed by atoms with Crippen molar-refractivity contribution in [1.29, 1.82) is 0 Å². The van der Waals surface area contributed by atoms with Crippen LogP contribution in [-0.2, 0) is 19.1 Å². The molecule has 3 aromatic rings. The molecule has 0 fully saturated rings. The first-order chi connectivity index (χ1) is 22.7. The van der Waals surface area contributed by atoms with Gasteiger partial charge in [-0.3, -0.25) is 14.4 Å². The highest BCUT2D eigenvalue weighted by Gasteiger charge is 2.37. The van der Waals surface area contributed by atoms with Crippen molar-refractivity contribution in [2.75, 3.05) is 13.7 Å². The highest BCUT2D eigenvalue weighted by molar-refractivity contribution is 5.87. The molecule has 2 amide bonds. The Kier molecular flexibility index (Phi) is 11.0. The average molecular weight is 673 g/mol. The number of carbonyl (C=O) groups excluding carboxylic acids is 2. The van der Waals surface area contributed by atoms with Crippen LogP contribution in [0, 0.1) is 25.5 Å². The summed E-state index contributed by atoms with van der Waals surface area (Å²) in [4.78, 5) is 39.3. The van der Waals surface area contributed by atoms with E-state index in [9.17, 15) is 32.7 Å². The number of methoxy groups -OCH3 is 1. The number of alkyl halides is 3. The van der Waals surface area contributed by atoms with Crippen molar-refractivity contribution in [2.24, 2.45) is 0 Å². The summed E-state index contributed by atoms with van der Waals surface area (Å²) in [6, 6.07) is 7.77. The number of aryl methyl sites for hydroxylation is 2. The molecular weight excluding hydrogens is 639 g/mol. The molecule has 2 atom stereocenters. The van der Waals surface area contributed by atoms with Gasteiger partial charge >= 0.3 is 12.1 Å². The van der Waals surface area contributed by atoms with Gasteiger partial charge in [0.15, 0.2) is 0 Å². The van der Waals surface area contributed by atoms with Gasteiger partial charge in [0.05, 0.1) is 24.6 Å². The van der Waals surface area contributed by atoms with Crippen LogP contribution in [-0.4, -0.2) is 48.2 Å². The Morgan fingerprint density at radius 1 is 1.08 bits per heavy atom. The van der Waals surface area contributed by atoms with E-state index < -0.39 is 64.9 Å². The van der Waals surface area contributed by atoms with Gasteiger partial charge in [-0.25, -0.2) is 8.78 Å². The van der Waals surface area contributed by atoms with Crippen molar-refractivity contribution in [3.05, 3.63) is 106 Å². The van der Waals surface area contributed by atoms with Crippen LogP contribution < -0.4 is 10.1 Å². The Hall–Kier alpha value is -5.04. The minimum absolute atomic E-state index is 0.00955. The number of nitrogens with zero attached hydrogens (tertiary/aromatic N) is 1. The monoisotopic (exact) mass is 672 g/mol. The van der Waals surface area contributed by atoms with E-state index in [4.69, 9.17) is 9.47 Å². The second-order valence-corrected chi connectivity index (χ2v) is 11.1. The van der Waals surface area contributed by atoms with E-state index in [0.717, 1.165) is 31.3 Å². The molecule has 3 aromatic carbocycles. The standard InChI is InChI=1S/C35H33F5N2O6/c1-5-26(35(38,39)40)21(11-12-47-4)17-42(18-43)33-24-15-23(9-10-27(24)36)48-29-8-6-7-19(2)31(29)22-13-20(3)32(37)25(14-22)28(16-30(44)45)41-34(33)46/h5-10,13-15,17-18,28,33H,11-12,16H2,1-4H3,(H,41,46)(H,44,45)/b21-17-,26-5+/t28-,33?/m0/s1.